The SMILES string of the molecule is CN=C(NCCN1C(=O)CNC1=O)NC(C)c1ccc(OCC2CC2)c(F)c1.I. The minimum Gasteiger partial charge on any atom is -0.490 e. The number of urea groups is 1. The number of benzene rings is 1. The predicted molar refractivity (Wildman–Crippen MR) is 118 cm³/mol. The van der Waals surface area contributed by atoms with E-state index < -0.39 is 0 Å². The molecule has 1 aromatic carbocycles. The Hall–Kier alpha value is -2.11. The molecule has 0 radical (unpaired) electrons. The summed E-state index contributed by atoms with van der Waals surface area (Å²) in [5.41, 5.74) is 0.758. The van der Waals surface area contributed by atoms with Gasteiger partial charge in [0.1, 0.15) is 0 Å². The molecular formula is C19H27FIN5O3. The van der Waals surface area contributed by atoms with E-state index in [0.717, 1.165) is 23.3 Å². The van der Waals surface area contributed by atoms with Crippen molar-refractivity contribution in [3.05, 3.63) is 29.6 Å². The van der Waals surface area contributed by atoms with E-state index in [9.17, 15) is 14.0 Å². The van der Waals surface area contributed by atoms with Crippen LogP contribution in [-0.4, -0.2) is 56.1 Å². The van der Waals surface area contributed by atoms with E-state index >= 15 is 0 Å². The van der Waals surface area contributed by atoms with Gasteiger partial charge in [-0.2, -0.15) is 0 Å². The summed E-state index contributed by atoms with van der Waals surface area (Å²) in [6.07, 6.45) is 2.31. The van der Waals surface area contributed by atoms with Crippen molar-refractivity contribution in [2.75, 3.05) is 33.3 Å². The van der Waals surface area contributed by atoms with Crippen molar-refractivity contribution >= 4 is 41.9 Å². The first kappa shape index (κ1) is 23.2. The number of aliphatic imine (C=N–C) groups is 1. The van der Waals surface area contributed by atoms with E-state index in [1.807, 2.05) is 13.0 Å². The van der Waals surface area contributed by atoms with Crippen LogP contribution < -0.4 is 20.7 Å². The number of amides is 3. The Bertz CT molecular complexity index is 756. The second-order valence-corrected chi connectivity index (χ2v) is 7.01. The highest BCUT2D eigenvalue weighted by Gasteiger charge is 2.27. The molecule has 3 N–H and O–H groups in total. The fourth-order valence-electron chi connectivity index (χ4n) is 2.85. The molecule has 1 saturated carbocycles. The van der Waals surface area contributed by atoms with E-state index in [1.54, 1.807) is 13.1 Å². The number of halogens is 2. The number of imide groups is 1. The van der Waals surface area contributed by atoms with Gasteiger partial charge in [0.15, 0.2) is 17.5 Å². The van der Waals surface area contributed by atoms with Gasteiger partial charge in [-0.15, -0.1) is 24.0 Å². The maximum Gasteiger partial charge on any atom is 0.324 e. The van der Waals surface area contributed by atoms with Crippen molar-refractivity contribution in [3.63, 3.8) is 0 Å². The van der Waals surface area contributed by atoms with Crippen LogP contribution in [0.3, 0.4) is 0 Å². The number of carbonyl (C=O) groups is 2. The summed E-state index contributed by atoms with van der Waals surface area (Å²) < 4.78 is 19.8. The summed E-state index contributed by atoms with van der Waals surface area (Å²) in [5.74, 6) is 0.708. The number of ether oxygens (including phenoxy) is 1. The molecule has 0 aromatic heterocycles. The van der Waals surface area contributed by atoms with E-state index in [4.69, 9.17) is 4.74 Å². The van der Waals surface area contributed by atoms with Crippen molar-refractivity contribution in [2.24, 2.45) is 10.9 Å². The highest BCUT2D eigenvalue weighted by Crippen LogP contribution is 2.30. The summed E-state index contributed by atoms with van der Waals surface area (Å²) in [7, 11) is 1.62. The van der Waals surface area contributed by atoms with E-state index in [0.29, 0.717) is 25.0 Å². The summed E-state index contributed by atoms with van der Waals surface area (Å²) in [6.45, 7) is 3.09. The monoisotopic (exact) mass is 519 g/mol. The van der Waals surface area contributed by atoms with Crippen LogP contribution in [0, 0.1) is 11.7 Å². The molecule has 10 heteroatoms. The average molecular weight is 519 g/mol. The zero-order valence-corrected chi connectivity index (χ0v) is 18.9. The van der Waals surface area contributed by atoms with Crippen LogP contribution in [0.2, 0.25) is 0 Å². The smallest absolute Gasteiger partial charge is 0.324 e. The van der Waals surface area contributed by atoms with Crippen molar-refractivity contribution < 1.29 is 18.7 Å². The van der Waals surface area contributed by atoms with Gasteiger partial charge in [0.05, 0.1) is 19.2 Å². The molecule has 1 saturated heterocycles. The minimum absolute atomic E-state index is 0. The Morgan fingerprint density at radius 2 is 2.17 bits per heavy atom. The fourth-order valence-corrected chi connectivity index (χ4v) is 2.85. The average Bonchev–Trinajstić information content (AvgIpc) is 3.46. The Morgan fingerprint density at radius 1 is 1.41 bits per heavy atom. The number of hydrogen-bond donors (Lipinski definition) is 3. The van der Waals surface area contributed by atoms with Crippen LogP contribution in [0.5, 0.6) is 5.75 Å². The largest absolute Gasteiger partial charge is 0.490 e. The van der Waals surface area contributed by atoms with Gasteiger partial charge in [0.2, 0.25) is 5.91 Å². The molecule has 1 unspecified atom stereocenters. The van der Waals surface area contributed by atoms with E-state index in [-0.39, 0.29) is 66.6 Å². The lowest BCUT2D eigenvalue weighted by atomic mass is 10.1. The van der Waals surface area contributed by atoms with E-state index in [1.165, 1.54) is 6.07 Å². The van der Waals surface area contributed by atoms with Crippen molar-refractivity contribution in [3.8, 4) is 5.75 Å². The normalized spacial score (nSPS) is 17.5. The molecule has 1 aliphatic carbocycles. The van der Waals surface area contributed by atoms with Gasteiger partial charge in [0.25, 0.3) is 0 Å². The third kappa shape index (κ3) is 6.44. The molecule has 3 amide bonds. The maximum atomic E-state index is 14.3. The second kappa shape index (κ2) is 10.6. The third-order valence-electron chi connectivity index (χ3n) is 4.77. The molecule has 2 fully saturated rings. The zero-order valence-electron chi connectivity index (χ0n) is 16.5. The van der Waals surface area contributed by atoms with Gasteiger partial charge in [-0.05, 0) is 43.4 Å². The minimum atomic E-state index is -0.386. The standard InChI is InChI=1S/C19H26FN5O3.HI/c1-12(14-5-6-16(15(20)9-14)28-11-13-3-4-13)24-18(21-2)22-7-8-25-17(26)10-23-19(25)27;/h5-6,9,12-13H,3-4,7-8,10-11H2,1-2H3,(H,23,27)(H2,21,22,24);1H. The number of carbonyl (C=O) groups excluding carboxylic acids is 2. The summed E-state index contributed by atoms with van der Waals surface area (Å²) in [5, 5.41) is 8.69. The summed E-state index contributed by atoms with van der Waals surface area (Å²) in [4.78, 5) is 28.4. The Labute approximate surface area is 186 Å². The summed E-state index contributed by atoms with van der Waals surface area (Å²) >= 11 is 0. The quantitative estimate of drug-likeness (QED) is 0.212. The highest BCUT2D eigenvalue weighted by molar-refractivity contribution is 14.0. The molecule has 1 atom stereocenters. The molecule has 1 aliphatic heterocycles. The van der Waals surface area contributed by atoms with Gasteiger partial charge >= 0.3 is 6.03 Å². The molecule has 8 nitrogen and oxygen atoms in total. The van der Waals surface area contributed by atoms with Gasteiger partial charge in [-0.3, -0.25) is 14.7 Å². The molecular weight excluding hydrogens is 492 g/mol. The van der Waals surface area contributed by atoms with Crippen LogP contribution >= 0.6 is 24.0 Å². The lowest BCUT2D eigenvalue weighted by molar-refractivity contribution is -0.124. The van der Waals surface area contributed by atoms with Gasteiger partial charge in [-0.25, -0.2) is 9.18 Å². The molecule has 1 heterocycles. The molecule has 1 aromatic rings. The lowest BCUT2D eigenvalue weighted by Gasteiger charge is -2.20. The van der Waals surface area contributed by atoms with Crippen molar-refractivity contribution in [1.82, 2.24) is 20.9 Å². The molecule has 160 valence electrons. The highest BCUT2D eigenvalue weighted by atomic mass is 127. The molecule has 3 rings (SSSR count). The first-order valence-corrected chi connectivity index (χ1v) is 9.45. The van der Waals surface area contributed by atoms with Crippen LogP contribution in [-0.2, 0) is 4.79 Å². The Balaban J connectivity index is 0.00000300. The maximum absolute atomic E-state index is 14.3. The fraction of sp³-hybridized carbons (Fsp3) is 0.526. The van der Waals surface area contributed by atoms with E-state index in [2.05, 4.69) is 20.9 Å². The van der Waals surface area contributed by atoms with Crippen molar-refractivity contribution in [2.45, 2.75) is 25.8 Å². The van der Waals surface area contributed by atoms with Gasteiger partial charge in [-0.1, -0.05) is 6.07 Å². The molecule has 0 bridgehead atoms. The topological polar surface area (TPSA) is 95.1 Å². The molecule has 29 heavy (non-hydrogen) atoms. The van der Waals surface area contributed by atoms with Crippen molar-refractivity contribution in [1.29, 1.82) is 0 Å². The Kier molecular flexibility index (Phi) is 8.47. The second-order valence-electron chi connectivity index (χ2n) is 7.01. The van der Waals surface area contributed by atoms with Crippen LogP contribution in [0.25, 0.3) is 0 Å². The number of guanidine groups is 1. The number of nitrogens with zero attached hydrogens (tertiary/aromatic N) is 2. The van der Waals surface area contributed by atoms with Gasteiger partial charge < -0.3 is 20.7 Å². The van der Waals surface area contributed by atoms with Crippen LogP contribution in [0.1, 0.15) is 31.4 Å². The summed E-state index contributed by atoms with van der Waals surface area (Å²) in [6, 6.07) is 4.35. The zero-order chi connectivity index (χ0) is 20.1. The third-order valence-corrected chi connectivity index (χ3v) is 4.77. The van der Waals surface area contributed by atoms with Gasteiger partial charge in [0, 0.05) is 20.1 Å². The molecule has 0 spiro atoms. The van der Waals surface area contributed by atoms with Crippen LogP contribution in [0.15, 0.2) is 23.2 Å². The predicted octanol–water partition coefficient (Wildman–Crippen LogP) is 2.01. The Morgan fingerprint density at radius 3 is 2.76 bits per heavy atom. The number of nitrogens with one attached hydrogen (secondary N) is 3. The lowest BCUT2D eigenvalue weighted by Crippen LogP contribution is -2.43. The first-order valence-electron chi connectivity index (χ1n) is 9.45. The number of rotatable bonds is 8. The number of hydrogen-bond acceptors (Lipinski definition) is 4. The molecule has 2 aliphatic rings. The first-order chi connectivity index (χ1) is 13.5. The van der Waals surface area contributed by atoms with Crippen LogP contribution in [0.4, 0.5) is 9.18 Å².